The zero-order valence-electron chi connectivity index (χ0n) is 10.3. The lowest BCUT2D eigenvalue weighted by Crippen LogP contribution is -2.42. The number of amides is 2. The van der Waals surface area contributed by atoms with Gasteiger partial charge in [0.15, 0.2) is 0 Å². The van der Waals surface area contributed by atoms with Crippen LogP contribution in [-0.4, -0.2) is 50.0 Å². The minimum Gasteiger partial charge on any atom is -0.372 e. The van der Waals surface area contributed by atoms with Crippen molar-refractivity contribution in [3.05, 3.63) is 10.6 Å². The van der Waals surface area contributed by atoms with E-state index in [2.05, 4.69) is 26.0 Å². The van der Waals surface area contributed by atoms with Crippen molar-refractivity contribution in [3.8, 4) is 0 Å². The van der Waals surface area contributed by atoms with Crippen molar-refractivity contribution in [2.75, 3.05) is 32.8 Å². The van der Waals surface area contributed by atoms with E-state index in [1.165, 1.54) is 0 Å². The van der Waals surface area contributed by atoms with Crippen molar-refractivity contribution >= 4 is 22.0 Å². The summed E-state index contributed by atoms with van der Waals surface area (Å²) in [6, 6.07) is -0.208. The van der Waals surface area contributed by atoms with Crippen LogP contribution in [0.25, 0.3) is 0 Å². The Kier molecular flexibility index (Phi) is 6.64. The van der Waals surface area contributed by atoms with Crippen LogP contribution in [0.3, 0.4) is 0 Å². The van der Waals surface area contributed by atoms with Crippen molar-refractivity contribution < 1.29 is 22.7 Å². The average Bonchev–Trinajstić information content (AvgIpc) is 2.32. The van der Waals surface area contributed by atoms with Crippen LogP contribution in [0.4, 0.5) is 18.0 Å². The van der Waals surface area contributed by atoms with E-state index in [1.54, 1.807) is 4.90 Å². The van der Waals surface area contributed by atoms with Gasteiger partial charge in [-0.15, -0.1) is 0 Å². The van der Waals surface area contributed by atoms with E-state index < -0.39 is 12.8 Å². The summed E-state index contributed by atoms with van der Waals surface area (Å²) in [6.07, 6.45) is -1.14. The SMILES string of the molecule is O=C(NCCCOCC(F)(F)F)N1CCC=C(Br)C1. The first-order valence-electron chi connectivity index (χ1n) is 5.90. The molecule has 0 bridgehead atoms. The van der Waals surface area contributed by atoms with Gasteiger partial charge in [-0.25, -0.2) is 4.79 Å². The third kappa shape index (κ3) is 7.41. The summed E-state index contributed by atoms with van der Waals surface area (Å²) >= 11 is 3.33. The van der Waals surface area contributed by atoms with Gasteiger partial charge in [0, 0.05) is 24.2 Å². The molecule has 0 spiro atoms. The predicted molar refractivity (Wildman–Crippen MR) is 68.1 cm³/mol. The van der Waals surface area contributed by atoms with Crippen molar-refractivity contribution in [2.24, 2.45) is 0 Å². The molecule has 19 heavy (non-hydrogen) atoms. The van der Waals surface area contributed by atoms with Crippen LogP contribution in [0.2, 0.25) is 0 Å². The van der Waals surface area contributed by atoms with Crippen LogP contribution >= 0.6 is 15.9 Å². The van der Waals surface area contributed by atoms with E-state index in [4.69, 9.17) is 0 Å². The van der Waals surface area contributed by atoms with Crippen molar-refractivity contribution in [1.29, 1.82) is 0 Å². The maximum atomic E-state index is 11.8. The molecule has 1 aliphatic rings. The number of urea groups is 1. The number of carbonyl (C=O) groups excluding carboxylic acids is 1. The first-order chi connectivity index (χ1) is 8.88. The molecule has 1 heterocycles. The topological polar surface area (TPSA) is 41.6 Å². The van der Waals surface area contributed by atoms with Gasteiger partial charge >= 0.3 is 12.2 Å². The standard InChI is InChI=1S/C11H16BrF3N2O2/c12-9-3-1-5-17(7-9)10(18)16-4-2-6-19-8-11(13,14)15/h3H,1-2,4-8H2,(H,16,18). The summed E-state index contributed by atoms with van der Waals surface area (Å²) in [5, 5.41) is 2.65. The molecule has 0 saturated carbocycles. The van der Waals surface area contributed by atoms with E-state index in [-0.39, 0.29) is 12.6 Å². The molecule has 0 atom stereocenters. The zero-order chi connectivity index (χ0) is 14.3. The molecule has 0 unspecified atom stereocenters. The number of nitrogens with zero attached hydrogens (tertiary/aromatic N) is 1. The number of nitrogens with one attached hydrogen (secondary N) is 1. The highest BCUT2D eigenvalue weighted by atomic mass is 79.9. The monoisotopic (exact) mass is 344 g/mol. The summed E-state index contributed by atoms with van der Waals surface area (Å²) < 4.78 is 40.7. The Morgan fingerprint density at radius 3 is 2.89 bits per heavy atom. The lowest BCUT2D eigenvalue weighted by Gasteiger charge is -2.25. The third-order valence-corrected chi connectivity index (χ3v) is 2.98. The fraction of sp³-hybridized carbons (Fsp3) is 0.727. The van der Waals surface area contributed by atoms with Crippen LogP contribution in [0.5, 0.6) is 0 Å². The number of alkyl halides is 3. The molecule has 0 aromatic carbocycles. The second kappa shape index (κ2) is 7.74. The van der Waals surface area contributed by atoms with Gasteiger partial charge < -0.3 is 15.0 Å². The maximum Gasteiger partial charge on any atom is 0.411 e. The minimum atomic E-state index is -4.30. The molecule has 0 saturated heterocycles. The molecule has 1 N–H and O–H groups in total. The van der Waals surface area contributed by atoms with Gasteiger partial charge in [0.05, 0.1) is 6.54 Å². The van der Waals surface area contributed by atoms with Crippen LogP contribution in [0.15, 0.2) is 10.6 Å². The molecule has 8 heteroatoms. The summed E-state index contributed by atoms with van der Waals surface area (Å²) in [6.45, 7) is 0.199. The number of carbonyl (C=O) groups is 1. The molecule has 1 aliphatic heterocycles. The third-order valence-electron chi connectivity index (χ3n) is 2.40. The number of rotatable bonds is 5. The van der Waals surface area contributed by atoms with Crippen LogP contribution in [0.1, 0.15) is 12.8 Å². The zero-order valence-corrected chi connectivity index (χ0v) is 11.9. The van der Waals surface area contributed by atoms with Gasteiger partial charge in [0.25, 0.3) is 0 Å². The Morgan fingerprint density at radius 1 is 1.53 bits per heavy atom. The Morgan fingerprint density at radius 2 is 2.26 bits per heavy atom. The van der Waals surface area contributed by atoms with Gasteiger partial charge in [0.2, 0.25) is 0 Å². The number of hydrogen-bond acceptors (Lipinski definition) is 2. The molecular weight excluding hydrogens is 329 g/mol. The lowest BCUT2D eigenvalue weighted by molar-refractivity contribution is -0.173. The molecule has 2 amide bonds. The Labute approximate surface area is 118 Å². The number of hydrogen-bond donors (Lipinski definition) is 1. The summed E-state index contributed by atoms with van der Waals surface area (Å²) in [5.41, 5.74) is 0. The van der Waals surface area contributed by atoms with Crippen molar-refractivity contribution in [2.45, 2.75) is 19.0 Å². The first-order valence-corrected chi connectivity index (χ1v) is 6.69. The van der Waals surface area contributed by atoms with Crippen LogP contribution in [0, 0.1) is 0 Å². The fourth-order valence-corrected chi connectivity index (χ4v) is 2.08. The van der Waals surface area contributed by atoms with Gasteiger partial charge in [-0.3, -0.25) is 0 Å². The molecule has 110 valence electrons. The largest absolute Gasteiger partial charge is 0.411 e. The summed E-state index contributed by atoms with van der Waals surface area (Å²) in [7, 11) is 0. The van der Waals surface area contributed by atoms with Crippen molar-refractivity contribution in [1.82, 2.24) is 10.2 Å². The van der Waals surface area contributed by atoms with E-state index in [1.807, 2.05) is 6.08 Å². The highest BCUT2D eigenvalue weighted by Crippen LogP contribution is 2.15. The molecule has 1 rings (SSSR count). The average molecular weight is 345 g/mol. The fourth-order valence-electron chi connectivity index (χ4n) is 1.55. The van der Waals surface area contributed by atoms with Gasteiger partial charge in [0.1, 0.15) is 6.61 Å². The molecule has 0 aliphatic carbocycles. The van der Waals surface area contributed by atoms with E-state index in [9.17, 15) is 18.0 Å². The minimum absolute atomic E-state index is 0.0244. The number of halogens is 4. The van der Waals surface area contributed by atoms with E-state index in [0.29, 0.717) is 26.1 Å². The normalized spacial score (nSPS) is 16.2. The Bertz CT molecular complexity index is 334. The highest BCUT2D eigenvalue weighted by molar-refractivity contribution is 9.11. The Hall–Kier alpha value is -0.760. The number of ether oxygens (including phenoxy) is 1. The second-order valence-corrected chi connectivity index (χ2v) is 5.13. The van der Waals surface area contributed by atoms with E-state index in [0.717, 1.165) is 10.9 Å². The summed E-state index contributed by atoms with van der Waals surface area (Å²) in [5.74, 6) is 0. The summed E-state index contributed by atoms with van der Waals surface area (Å²) in [4.78, 5) is 13.3. The Balaban J connectivity index is 2.06. The molecule has 0 aromatic heterocycles. The van der Waals surface area contributed by atoms with E-state index >= 15 is 0 Å². The molecule has 4 nitrogen and oxygen atoms in total. The van der Waals surface area contributed by atoms with Gasteiger partial charge in [-0.05, 0) is 12.8 Å². The smallest absolute Gasteiger partial charge is 0.372 e. The lowest BCUT2D eigenvalue weighted by atomic mass is 10.2. The predicted octanol–water partition coefficient (Wildman–Crippen LogP) is 2.65. The highest BCUT2D eigenvalue weighted by Gasteiger charge is 2.27. The first kappa shape index (κ1) is 16.3. The molecule has 0 fully saturated rings. The molecule has 0 radical (unpaired) electrons. The maximum absolute atomic E-state index is 11.8. The van der Waals surface area contributed by atoms with Crippen LogP contribution < -0.4 is 5.32 Å². The van der Waals surface area contributed by atoms with Crippen LogP contribution in [-0.2, 0) is 4.74 Å². The molecular formula is C11H16BrF3N2O2. The van der Waals surface area contributed by atoms with Gasteiger partial charge in [-0.1, -0.05) is 22.0 Å². The second-order valence-electron chi connectivity index (χ2n) is 4.11. The quantitative estimate of drug-likeness (QED) is 0.779. The van der Waals surface area contributed by atoms with Gasteiger partial charge in [-0.2, -0.15) is 13.2 Å². The molecule has 0 aromatic rings. The van der Waals surface area contributed by atoms with Crippen molar-refractivity contribution in [3.63, 3.8) is 0 Å².